The monoisotopic (exact) mass is 158 g/mol. The van der Waals surface area contributed by atoms with E-state index in [2.05, 4.69) is 0 Å². The maximum absolute atomic E-state index is 10.7. The minimum Gasteiger partial charge on any atom is -0.381 e. The summed E-state index contributed by atoms with van der Waals surface area (Å²) in [7, 11) is 0. The molecule has 0 aromatic heterocycles. The molecule has 0 aromatic rings. The predicted molar refractivity (Wildman–Crippen MR) is 40.6 cm³/mol. The maximum Gasteiger partial charge on any atom is 0.221 e. The van der Waals surface area contributed by atoms with E-state index in [1.807, 2.05) is 4.90 Å². The third-order valence-electron chi connectivity index (χ3n) is 2.11. The number of hydrogen-bond donors (Lipinski definition) is 2. The normalized spacial score (nSPS) is 26.8. The quantitative estimate of drug-likeness (QED) is 0.549. The summed E-state index contributed by atoms with van der Waals surface area (Å²) in [6, 6.07) is 0. The second-order valence-electron chi connectivity index (χ2n) is 2.96. The van der Waals surface area contributed by atoms with Gasteiger partial charge in [-0.15, -0.1) is 0 Å². The first kappa shape index (κ1) is 8.49. The van der Waals surface area contributed by atoms with Crippen LogP contribution in [0.25, 0.3) is 0 Å². The Bertz CT molecular complexity index is 149. The fourth-order valence-electron chi connectivity index (χ4n) is 1.42. The van der Waals surface area contributed by atoms with E-state index >= 15 is 0 Å². The van der Waals surface area contributed by atoms with Gasteiger partial charge in [0.25, 0.3) is 0 Å². The van der Waals surface area contributed by atoms with Crippen LogP contribution in [0.5, 0.6) is 0 Å². The molecular weight excluding hydrogens is 144 g/mol. The van der Waals surface area contributed by atoms with Crippen LogP contribution in [0, 0.1) is 5.92 Å². The minimum absolute atomic E-state index is 0.0315. The van der Waals surface area contributed by atoms with Crippen molar-refractivity contribution in [1.29, 1.82) is 0 Å². The van der Waals surface area contributed by atoms with Gasteiger partial charge in [-0.1, -0.05) is 0 Å². The molecule has 1 atom stereocenters. The second-order valence-corrected chi connectivity index (χ2v) is 2.96. The van der Waals surface area contributed by atoms with Crippen molar-refractivity contribution in [3.05, 3.63) is 0 Å². The molecule has 4 nitrogen and oxygen atoms in total. The summed E-state index contributed by atoms with van der Waals surface area (Å²) in [5.74, 6) is -0.306. The highest BCUT2D eigenvalue weighted by Crippen LogP contribution is 2.14. The third-order valence-corrected chi connectivity index (χ3v) is 2.11. The SMILES string of the molecule is NC(=O)[C@@H]1CCCN(CO)C1. The van der Waals surface area contributed by atoms with Crippen molar-refractivity contribution in [2.45, 2.75) is 12.8 Å². The molecular formula is C7H14N2O2. The first-order chi connectivity index (χ1) is 5.24. The number of piperidine rings is 1. The molecule has 64 valence electrons. The standard InChI is InChI=1S/C7H14N2O2/c8-7(11)6-2-1-3-9(4-6)5-10/h6,10H,1-5H2,(H2,8,11)/t6-/m1/s1. The highest BCUT2D eigenvalue weighted by molar-refractivity contribution is 5.76. The average molecular weight is 158 g/mol. The third kappa shape index (κ3) is 2.17. The minimum atomic E-state index is -0.247. The Balaban J connectivity index is 2.39. The van der Waals surface area contributed by atoms with Crippen molar-refractivity contribution in [2.75, 3.05) is 19.8 Å². The van der Waals surface area contributed by atoms with Crippen LogP contribution in [0.2, 0.25) is 0 Å². The van der Waals surface area contributed by atoms with E-state index in [1.165, 1.54) is 0 Å². The zero-order valence-corrected chi connectivity index (χ0v) is 6.49. The second kappa shape index (κ2) is 3.69. The Morgan fingerprint density at radius 2 is 2.45 bits per heavy atom. The lowest BCUT2D eigenvalue weighted by Crippen LogP contribution is -2.41. The van der Waals surface area contributed by atoms with Crippen LogP contribution in [0.4, 0.5) is 0 Å². The van der Waals surface area contributed by atoms with Crippen LogP contribution in [-0.2, 0) is 4.79 Å². The number of amides is 1. The number of nitrogens with two attached hydrogens (primary N) is 1. The van der Waals surface area contributed by atoms with E-state index in [4.69, 9.17) is 10.8 Å². The van der Waals surface area contributed by atoms with Crippen LogP contribution in [0.1, 0.15) is 12.8 Å². The molecule has 1 fully saturated rings. The summed E-state index contributed by atoms with van der Waals surface area (Å²) in [5.41, 5.74) is 5.14. The van der Waals surface area contributed by atoms with E-state index in [1.54, 1.807) is 0 Å². The number of aliphatic hydroxyl groups is 1. The first-order valence-electron chi connectivity index (χ1n) is 3.86. The Kier molecular flexibility index (Phi) is 2.84. The van der Waals surface area contributed by atoms with Gasteiger partial charge in [-0.3, -0.25) is 9.69 Å². The van der Waals surface area contributed by atoms with Crippen LogP contribution < -0.4 is 5.73 Å². The van der Waals surface area contributed by atoms with Gasteiger partial charge in [-0.25, -0.2) is 0 Å². The van der Waals surface area contributed by atoms with Gasteiger partial charge in [0, 0.05) is 13.1 Å². The lowest BCUT2D eigenvalue weighted by atomic mass is 9.98. The lowest BCUT2D eigenvalue weighted by molar-refractivity contribution is -0.123. The molecule has 0 spiro atoms. The molecule has 4 heteroatoms. The van der Waals surface area contributed by atoms with Crippen molar-refractivity contribution in [3.63, 3.8) is 0 Å². The van der Waals surface area contributed by atoms with Crippen molar-refractivity contribution in [1.82, 2.24) is 4.90 Å². The number of carbonyl (C=O) groups is 1. The van der Waals surface area contributed by atoms with Gasteiger partial charge in [-0.05, 0) is 12.8 Å². The maximum atomic E-state index is 10.7. The largest absolute Gasteiger partial charge is 0.381 e. The summed E-state index contributed by atoms with van der Waals surface area (Å²) < 4.78 is 0. The Morgan fingerprint density at radius 1 is 1.73 bits per heavy atom. The summed E-state index contributed by atoms with van der Waals surface area (Å²) in [6.07, 6.45) is 1.82. The number of aliphatic hydroxyl groups excluding tert-OH is 1. The average Bonchev–Trinajstić information content (AvgIpc) is 2.05. The van der Waals surface area contributed by atoms with Crippen LogP contribution in [-0.4, -0.2) is 35.7 Å². The summed E-state index contributed by atoms with van der Waals surface area (Å²) >= 11 is 0. The smallest absolute Gasteiger partial charge is 0.221 e. The van der Waals surface area contributed by atoms with Gasteiger partial charge in [0.1, 0.15) is 0 Å². The first-order valence-corrected chi connectivity index (χ1v) is 3.86. The van der Waals surface area contributed by atoms with Crippen molar-refractivity contribution >= 4 is 5.91 Å². The van der Waals surface area contributed by atoms with Crippen molar-refractivity contribution < 1.29 is 9.90 Å². The summed E-state index contributed by atoms with van der Waals surface area (Å²) in [6.45, 7) is 1.52. The van der Waals surface area contributed by atoms with E-state index in [0.29, 0.717) is 6.54 Å². The molecule has 1 aliphatic rings. The zero-order valence-electron chi connectivity index (χ0n) is 6.49. The van der Waals surface area contributed by atoms with Crippen molar-refractivity contribution in [3.8, 4) is 0 Å². The molecule has 0 aromatic carbocycles. The zero-order chi connectivity index (χ0) is 8.27. The number of nitrogens with zero attached hydrogens (tertiary/aromatic N) is 1. The molecule has 1 rings (SSSR count). The number of likely N-dealkylation sites (tertiary alicyclic amines) is 1. The fourth-order valence-corrected chi connectivity index (χ4v) is 1.42. The molecule has 0 unspecified atom stereocenters. The highest BCUT2D eigenvalue weighted by atomic mass is 16.3. The van der Waals surface area contributed by atoms with Gasteiger partial charge in [0.05, 0.1) is 12.6 Å². The van der Waals surface area contributed by atoms with Gasteiger partial charge >= 0.3 is 0 Å². The number of carbonyl (C=O) groups excluding carboxylic acids is 1. The molecule has 1 saturated heterocycles. The van der Waals surface area contributed by atoms with Gasteiger partial charge in [0.2, 0.25) is 5.91 Å². The Labute approximate surface area is 66.0 Å². The number of rotatable bonds is 2. The van der Waals surface area contributed by atoms with Crippen molar-refractivity contribution in [2.24, 2.45) is 11.7 Å². The topological polar surface area (TPSA) is 66.6 Å². The summed E-state index contributed by atoms with van der Waals surface area (Å²) in [5, 5.41) is 8.76. The van der Waals surface area contributed by atoms with Gasteiger partial charge in [0.15, 0.2) is 0 Å². The number of primary amides is 1. The van der Waals surface area contributed by atoms with Crippen LogP contribution in [0.15, 0.2) is 0 Å². The number of hydrogen-bond acceptors (Lipinski definition) is 3. The van der Waals surface area contributed by atoms with E-state index in [0.717, 1.165) is 19.4 Å². The molecule has 1 heterocycles. The van der Waals surface area contributed by atoms with E-state index in [-0.39, 0.29) is 18.6 Å². The molecule has 1 aliphatic heterocycles. The van der Waals surface area contributed by atoms with Gasteiger partial charge < -0.3 is 10.8 Å². The molecule has 11 heavy (non-hydrogen) atoms. The Morgan fingerprint density at radius 3 is 3.00 bits per heavy atom. The lowest BCUT2D eigenvalue weighted by Gasteiger charge is -2.28. The molecule has 1 amide bonds. The molecule has 0 saturated carbocycles. The summed E-state index contributed by atoms with van der Waals surface area (Å²) in [4.78, 5) is 12.6. The van der Waals surface area contributed by atoms with Crippen LogP contribution >= 0.6 is 0 Å². The van der Waals surface area contributed by atoms with Gasteiger partial charge in [-0.2, -0.15) is 0 Å². The highest BCUT2D eigenvalue weighted by Gasteiger charge is 2.22. The van der Waals surface area contributed by atoms with E-state index in [9.17, 15) is 4.79 Å². The Hall–Kier alpha value is -0.610. The molecule has 0 aliphatic carbocycles. The molecule has 0 bridgehead atoms. The molecule has 3 N–H and O–H groups in total. The molecule has 0 radical (unpaired) electrons. The fraction of sp³-hybridized carbons (Fsp3) is 0.857. The van der Waals surface area contributed by atoms with Crippen LogP contribution in [0.3, 0.4) is 0 Å². The van der Waals surface area contributed by atoms with E-state index < -0.39 is 0 Å². The predicted octanol–water partition coefficient (Wildman–Crippen LogP) is -0.867.